The van der Waals surface area contributed by atoms with Crippen LogP contribution in [0.4, 0.5) is 0 Å². The largest absolute Gasteiger partial charge is 0.339 e. The normalized spacial score (nSPS) is 15.7. The third-order valence-corrected chi connectivity index (χ3v) is 2.78. The fourth-order valence-electron chi connectivity index (χ4n) is 1.68. The van der Waals surface area contributed by atoms with Gasteiger partial charge in [-0.05, 0) is 18.9 Å². The van der Waals surface area contributed by atoms with Crippen LogP contribution in [-0.2, 0) is 0 Å². The highest BCUT2D eigenvalue weighted by Crippen LogP contribution is 2.13. The average molecular weight is 227 g/mol. The summed E-state index contributed by atoms with van der Waals surface area (Å²) in [6.45, 7) is 1.57. The maximum Gasteiger partial charge on any atom is 0.266 e. The summed E-state index contributed by atoms with van der Waals surface area (Å²) in [5.41, 5.74) is 0.0798. The van der Waals surface area contributed by atoms with E-state index in [0.29, 0.717) is 5.56 Å². The molecule has 80 valence electrons. The Bertz CT molecular complexity index is 435. The maximum absolute atomic E-state index is 11.9. The Kier molecular flexibility index (Phi) is 2.77. The van der Waals surface area contributed by atoms with Crippen molar-refractivity contribution in [2.45, 2.75) is 12.8 Å². The molecule has 0 aromatic carbocycles. The molecule has 1 amide bonds. The molecule has 0 saturated carbocycles. The lowest BCUT2D eigenvalue weighted by Crippen LogP contribution is -2.28. The number of H-pyrrole nitrogens is 1. The molecule has 5 heteroatoms. The Hall–Kier alpha value is -1.29. The number of carbonyl (C=O) groups is 1. The van der Waals surface area contributed by atoms with E-state index in [1.807, 2.05) is 0 Å². The quantitative estimate of drug-likeness (QED) is 0.784. The first-order chi connectivity index (χ1) is 7.18. The second-order valence-electron chi connectivity index (χ2n) is 3.56. The van der Waals surface area contributed by atoms with Crippen LogP contribution in [0.15, 0.2) is 17.1 Å². The molecule has 0 atom stereocenters. The summed E-state index contributed by atoms with van der Waals surface area (Å²) in [6.07, 6.45) is 3.50. The summed E-state index contributed by atoms with van der Waals surface area (Å²) >= 11 is 5.65. The Morgan fingerprint density at radius 3 is 2.67 bits per heavy atom. The monoisotopic (exact) mass is 226 g/mol. The minimum absolute atomic E-state index is 0.0556. The van der Waals surface area contributed by atoms with E-state index >= 15 is 0 Å². The highest BCUT2D eigenvalue weighted by atomic mass is 35.5. The summed E-state index contributed by atoms with van der Waals surface area (Å²) in [7, 11) is 0. The molecule has 0 aliphatic carbocycles. The van der Waals surface area contributed by atoms with Crippen molar-refractivity contribution in [2.75, 3.05) is 13.1 Å². The van der Waals surface area contributed by atoms with Gasteiger partial charge in [-0.25, -0.2) is 0 Å². The number of halogens is 1. The SMILES string of the molecule is O=C(c1c[nH]c(=O)c(Cl)c1)N1CCCC1. The molecule has 1 saturated heterocycles. The van der Waals surface area contributed by atoms with E-state index in [4.69, 9.17) is 11.6 Å². The molecule has 1 aliphatic heterocycles. The zero-order chi connectivity index (χ0) is 10.8. The number of hydrogen-bond acceptors (Lipinski definition) is 2. The number of likely N-dealkylation sites (tertiary alicyclic amines) is 1. The van der Waals surface area contributed by atoms with Crippen molar-refractivity contribution in [2.24, 2.45) is 0 Å². The lowest BCUT2D eigenvalue weighted by atomic mass is 10.2. The van der Waals surface area contributed by atoms with Crippen LogP contribution in [-0.4, -0.2) is 28.9 Å². The standard InChI is InChI=1S/C10H11ClN2O2/c11-8-5-7(6-12-9(8)14)10(15)13-3-1-2-4-13/h5-6H,1-4H2,(H,12,14). The molecule has 1 aromatic heterocycles. The van der Waals surface area contributed by atoms with Gasteiger partial charge in [0.2, 0.25) is 0 Å². The molecule has 0 unspecified atom stereocenters. The van der Waals surface area contributed by atoms with Crippen molar-refractivity contribution in [3.63, 3.8) is 0 Å². The van der Waals surface area contributed by atoms with Gasteiger partial charge in [-0.3, -0.25) is 9.59 Å². The number of hydrogen-bond donors (Lipinski definition) is 1. The van der Waals surface area contributed by atoms with Crippen molar-refractivity contribution in [1.82, 2.24) is 9.88 Å². The van der Waals surface area contributed by atoms with Crippen LogP contribution in [0, 0.1) is 0 Å². The summed E-state index contributed by atoms with van der Waals surface area (Å²) in [5.74, 6) is -0.0642. The summed E-state index contributed by atoms with van der Waals surface area (Å²) in [4.78, 5) is 27.1. The number of nitrogens with zero attached hydrogens (tertiary/aromatic N) is 1. The molecule has 1 N–H and O–H groups in total. The highest BCUT2D eigenvalue weighted by molar-refractivity contribution is 6.30. The van der Waals surface area contributed by atoms with E-state index in [1.165, 1.54) is 12.3 Å². The van der Waals surface area contributed by atoms with Gasteiger partial charge in [0.05, 0.1) is 5.56 Å². The van der Waals surface area contributed by atoms with Crippen LogP contribution in [0.3, 0.4) is 0 Å². The first kappa shape index (κ1) is 10.2. The topological polar surface area (TPSA) is 53.2 Å². The van der Waals surface area contributed by atoms with Gasteiger partial charge in [-0.2, -0.15) is 0 Å². The molecular weight excluding hydrogens is 216 g/mol. The number of nitrogens with one attached hydrogen (secondary N) is 1. The first-order valence-corrected chi connectivity index (χ1v) is 5.24. The lowest BCUT2D eigenvalue weighted by molar-refractivity contribution is 0.0792. The van der Waals surface area contributed by atoms with Gasteiger partial charge < -0.3 is 9.88 Å². The molecule has 0 bridgehead atoms. The molecule has 1 fully saturated rings. The van der Waals surface area contributed by atoms with Gasteiger partial charge in [0.15, 0.2) is 0 Å². The molecule has 15 heavy (non-hydrogen) atoms. The molecule has 2 heterocycles. The molecule has 1 aromatic rings. The van der Waals surface area contributed by atoms with Gasteiger partial charge in [-0.15, -0.1) is 0 Å². The van der Waals surface area contributed by atoms with E-state index in [0.717, 1.165) is 25.9 Å². The molecule has 0 radical (unpaired) electrons. The molecular formula is C10H11ClN2O2. The number of carbonyl (C=O) groups excluding carboxylic acids is 1. The van der Waals surface area contributed by atoms with Crippen molar-refractivity contribution in [3.05, 3.63) is 33.2 Å². The van der Waals surface area contributed by atoms with Gasteiger partial charge in [0.25, 0.3) is 11.5 Å². The fourth-order valence-corrected chi connectivity index (χ4v) is 1.85. The molecule has 4 nitrogen and oxygen atoms in total. The average Bonchev–Trinajstić information content (AvgIpc) is 2.74. The highest BCUT2D eigenvalue weighted by Gasteiger charge is 2.19. The summed E-state index contributed by atoms with van der Waals surface area (Å²) in [5, 5.41) is 0.0556. The van der Waals surface area contributed by atoms with Gasteiger partial charge >= 0.3 is 0 Å². The summed E-state index contributed by atoms with van der Waals surface area (Å²) < 4.78 is 0. The zero-order valence-electron chi connectivity index (χ0n) is 8.12. The van der Waals surface area contributed by atoms with E-state index in [9.17, 15) is 9.59 Å². The van der Waals surface area contributed by atoms with E-state index in [1.54, 1.807) is 4.90 Å². The fraction of sp³-hybridized carbons (Fsp3) is 0.400. The smallest absolute Gasteiger partial charge is 0.266 e. The number of rotatable bonds is 1. The number of aromatic nitrogens is 1. The number of amides is 1. The Morgan fingerprint density at radius 2 is 2.07 bits per heavy atom. The van der Waals surface area contributed by atoms with Gasteiger partial charge in [0.1, 0.15) is 5.02 Å². The Labute approximate surface area is 91.9 Å². The second kappa shape index (κ2) is 4.06. The van der Waals surface area contributed by atoms with Gasteiger partial charge in [-0.1, -0.05) is 11.6 Å². The van der Waals surface area contributed by atoms with E-state index in [-0.39, 0.29) is 16.5 Å². The molecule has 0 spiro atoms. The van der Waals surface area contributed by atoms with E-state index < -0.39 is 0 Å². The number of pyridine rings is 1. The minimum Gasteiger partial charge on any atom is -0.339 e. The Balaban J connectivity index is 2.25. The lowest BCUT2D eigenvalue weighted by Gasteiger charge is -2.14. The third kappa shape index (κ3) is 2.04. The van der Waals surface area contributed by atoms with Crippen molar-refractivity contribution in [3.8, 4) is 0 Å². The zero-order valence-corrected chi connectivity index (χ0v) is 8.88. The van der Waals surface area contributed by atoms with Crippen LogP contribution >= 0.6 is 11.6 Å². The first-order valence-electron chi connectivity index (χ1n) is 4.86. The number of aromatic amines is 1. The third-order valence-electron chi connectivity index (χ3n) is 2.50. The van der Waals surface area contributed by atoms with Crippen molar-refractivity contribution < 1.29 is 4.79 Å². The maximum atomic E-state index is 11.9. The van der Waals surface area contributed by atoms with Crippen LogP contribution in [0.2, 0.25) is 5.02 Å². The predicted molar refractivity (Wildman–Crippen MR) is 57.2 cm³/mol. The molecule has 1 aliphatic rings. The molecule has 2 rings (SSSR count). The van der Waals surface area contributed by atoms with E-state index in [2.05, 4.69) is 4.98 Å². The van der Waals surface area contributed by atoms with Crippen molar-refractivity contribution >= 4 is 17.5 Å². The van der Waals surface area contributed by atoms with Crippen LogP contribution in [0.25, 0.3) is 0 Å². The van der Waals surface area contributed by atoms with Crippen LogP contribution < -0.4 is 5.56 Å². The van der Waals surface area contributed by atoms with Crippen molar-refractivity contribution in [1.29, 1.82) is 0 Å². The predicted octanol–water partition coefficient (Wildman–Crippen LogP) is 1.26. The van der Waals surface area contributed by atoms with Crippen LogP contribution in [0.5, 0.6) is 0 Å². The van der Waals surface area contributed by atoms with Crippen LogP contribution in [0.1, 0.15) is 23.2 Å². The van der Waals surface area contributed by atoms with Gasteiger partial charge in [0, 0.05) is 19.3 Å². The Morgan fingerprint density at radius 1 is 1.40 bits per heavy atom. The summed E-state index contributed by atoms with van der Waals surface area (Å²) in [6, 6.07) is 1.42. The second-order valence-corrected chi connectivity index (χ2v) is 3.97. The minimum atomic E-state index is -0.366.